The zero-order valence-corrected chi connectivity index (χ0v) is 19.9. The Morgan fingerprint density at radius 2 is 1.25 bits per heavy atom. The zero-order valence-electron chi connectivity index (χ0n) is 19.9. The van der Waals surface area contributed by atoms with Crippen molar-refractivity contribution in [2.75, 3.05) is 11.9 Å². The number of hydrogen-bond donors (Lipinski definition) is 0. The Labute approximate surface area is 209 Å². The normalized spacial score (nSPS) is 13.6. The Morgan fingerprint density at radius 1 is 0.528 bits per heavy atom. The number of benzene rings is 6. The van der Waals surface area contributed by atoms with Crippen LogP contribution < -0.4 is 15.8 Å². The zero-order chi connectivity index (χ0) is 23.5. The lowest BCUT2D eigenvalue weighted by Gasteiger charge is -2.39. The first-order chi connectivity index (χ1) is 17.8. The molecule has 3 heterocycles. The minimum absolute atomic E-state index is 0.115. The van der Waals surface area contributed by atoms with Gasteiger partial charge in [0.05, 0.1) is 0 Å². The largest absolute Gasteiger partial charge is 0.375 e. The number of fused-ring (bicyclic) bond motifs is 10. The average Bonchev–Trinajstić information content (AvgIpc) is 3.27. The molecule has 0 N–H and O–H groups in total. The van der Waals surface area contributed by atoms with E-state index in [1.54, 1.807) is 0 Å². The molecule has 0 saturated carbocycles. The third kappa shape index (κ3) is 2.11. The Morgan fingerprint density at radius 3 is 2.17 bits per heavy atom. The van der Waals surface area contributed by atoms with Gasteiger partial charge in [-0.3, -0.25) is 0 Å². The molecule has 2 aliphatic heterocycles. The van der Waals surface area contributed by atoms with Gasteiger partial charge in [0.15, 0.2) is 0 Å². The summed E-state index contributed by atoms with van der Waals surface area (Å²) >= 11 is 0. The highest BCUT2D eigenvalue weighted by Crippen LogP contribution is 2.43. The smallest absolute Gasteiger partial charge is 0.333 e. The Hall–Kier alpha value is -4.50. The highest BCUT2D eigenvalue weighted by Gasteiger charge is 2.42. The molecule has 0 atom stereocenters. The third-order valence-corrected chi connectivity index (χ3v) is 8.54. The fourth-order valence-electron chi connectivity index (χ4n) is 7.04. The molecular weight excluding hydrogens is 435 g/mol. The first-order valence-electron chi connectivity index (χ1n) is 12.6. The lowest BCUT2D eigenvalue weighted by Crippen LogP contribution is -2.57. The minimum Gasteiger partial charge on any atom is -0.375 e. The molecule has 0 fully saturated rings. The lowest BCUT2D eigenvalue weighted by molar-refractivity contribution is 1.20. The molecule has 2 aliphatic rings. The maximum Gasteiger partial charge on any atom is 0.333 e. The van der Waals surface area contributed by atoms with Gasteiger partial charge in [0, 0.05) is 45.8 Å². The van der Waals surface area contributed by atoms with Crippen molar-refractivity contribution in [2.45, 2.75) is 0 Å². The monoisotopic (exact) mass is 456 g/mol. The molecule has 0 radical (unpaired) electrons. The maximum atomic E-state index is 2.63. The molecule has 9 rings (SSSR count). The van der Waals surface area contributed by atoms with Crippen molar-refractivity contribution in [3.63, 3.8) is 0 Å². The molecular formula is C33H21BN2. The van der Waals surface area contributed by atoms with Crippen molar-refractivity contribution in [1.29, 1.82) is 0 Å². The predicted octanol–water partition coefficient (Wildman–Crippen LogP) is 6.82. The number of nitrogens with zero attached hydrogens (tertiary/aromatic N) is 2. The summed E-state index contributed by atoms with van der Waals surface area (Å²) in [6.07, 6.45) is 0. The summed E-state index contributed by atoms with van der Waals surface area (Å²) in [7, 11) is 2.22. The van der Waals surface area contributed by atoms with Gasteiger partial charge < -0.3 is 9.38 Å². The standard InChI is InChI=1S/C33H21BN2/c1-35-29-15-7-11-24-26-13-6-12-25-23-10-4-5-14-28(23)36(33(25)26)34(31(24)29)32-27-19-21-9-3-2-8-20(21)18-22(27)16-17-30(32)35/h2-19H,1H3. The van der Waals surface area contributed by atoms with Gasteiger partial charge in [-0.15, -0.1) is 0 Å². The van der Waals surface area contributed by atoms with Crippen LogP contribution in [-0.2, 0) is 0 Å². The number of aromatic nitrogens is 1. The van der Waals surface area contributed by atoms with E-state index >= 15 is 0 Å². The Kier molecular flexibility index (Phi) is 3.33. The quantitative estimate of drug-likeness (QED) is 0.180. The summed E-state index contributed by atoms with van der Waals surface area (Å²) in [5.74, 6) is 0. The summed E-state index contributed by atoms with van der Waals surface area (Å²) in [5.41, 5.74) is 10.7. The first kappa shape index (κ1) is 18.8. The van der Waals surface area contributed by atoms with E-state index in [4.69, 9.17) is 0 Å². The SMILES string of the molecule is CN1c2cccc3c2B(c2c1ccc1cc4ccccc4cc21)n1c2ccccc2c2cccc-3c21. The van der Waals surface area contributed by atoms with Crippen LogP contribution in [0.1, 0.15) is 0 Å². The van der Waals surface area contributed by atoms with Crippen molar-refractivity contribution >= 4 is 72.5 Å². The van der Waals surface area contributed by atoms with E-state index in [9.17, 15) is 0 Å². The van der Waals surface area contributed by atoms with Gasteiger partial charge in [-0.1, -0.05) is 78.9 Å². The second-order valence-electron chi connectivity index (χ2n) is 10.2. The molecule has 2 nitrogen and oxygen atoms in total. The van der Waals surface area contributed by atoms with E-state index in [0.29, 0.717) is 0 Å². The third-order valence-electron chi connectivity index (χ3n) is 8.54. The lowest BCUT2D eigenvalue weighted by atomic mass is 9.44. The minimum atomic E-state index is 0.115. The predicted molar refractivity (Wildman–Crippen MR) is 155 cm³/mol. The van der Waals surface area contributed by atoms with Crippen LogP contribution in [0.4, 0.5) is 11.4 Å². The summed E-state index contributed by atoms with van der Waals surface area (Å²) in [6, 6.07) is 40.7. The summed E-state index contributed by atoms with van der Waals surface area (Å²) in [6.45, 7) is 0.115. The van der Waals surface area contributed by atoms with E-state index in [2.05, 4.69) is 126 Å². The van der Waals surface area contributed by atoms with Gasteiger partial charge in [-0.25, -0.2) is 0 Å². The molecule has 1 aromatic heterocycles. The molecule has 3 heteroatoms. The number of anilines is 2. The van der Waals surface area contributed by atoms with Gasteiger partial charge in [-0.05, 0) is 68.4 Å². The molecule has 7 aromatic rings. The molecule has 6 aromatic carbocycles. The van der Waals surface area contributed by atoms with Crippen LogP contribution in [0.3, 0.4) is 0 Å². The van der Waals surface area contributed by atoms with E-state index in [0.717, 1.165) is 0 Å². The Bertz CT molecular complexity index is 2080. The fourth-order valence-corrected chi connectivity index (χ4v) is 7.04. The first-order valence-corrected chi connectivity index (χ1v) is 12.6. The molecule has 36 heavy (non-hydrogen) atoms. The van der Waals surface area contributed by atoms with E-state index < -0.39 is 0 Å². The van der Waals surface area contributed by atoms with Crippen molar-refractivity contribution in [3.8, 4) is 11.1 Å². The van der Waals surface area contributed by atoms with Gasteiger partial charge >= 0.3 is 6.85 Å². The average molecular weight is 456 g/mol. The molecule has 166 valence electrons. The van der Waals surface area contributed by atoms with Crippen LogP contribution >= 0.6 is 0 Å². The van der Waals surface area contributed by atoms with Crippen molar-refractivity contribution in [2.24, 2.45) is 0 Å². The van der Waals surface area contributed by atoms with Crippen LogP contribution in [0.15, 0.2) is 109 Å². The Balaban J connectivity index is 1.53. The maximum absolute atomic E-state index is 2.63. The molecule has 0 amide bonds. The van der Waals surface area contributed by atoms with Crippen LogP contribution in [-0.4, -0.2) is 18.4 Å². The second-order valence-corrected chi connectivity index (χ2v) is 10.2. The van der Waals surface area contributed by atoms with Crippen LogP contribution in [0.2, 0.25) is 0 Å². The highest BCUT2D eigenvalue weighted by molar-refractivity contribution is 6.91. The molecule has 0 saturated heterocycles. The van der Waals surface area contributed by atoms with E-state index in [-0.39, 0.29) is 6.85 Å². The van der Waals surface area contributed by atoms with Gasteiger partial charge in [-0.2, -0.15) is 0 Å². The summed E-state index contributed by atoms with van der Waals surface area (Å²) < 4.78 is 2.63. The van der Waals surface area contributed by atoms with Crippen LogP contribution in [0.25, 0.3) is 54.5 Å². The molecule has 0 spiro atoms. The number of rotatable bonds is 0. The van der Waals surface area contributed by atoms with Crippen molar-refractivity contribution in [1.82, 2.24) is 4.48 Å². The number of hydrogen-bond acceptors (Lipinski definition) is 1. The van der Waals surface area contributed by atoms with Gasteiger partial charge in [0.25, 0.3) is 0 Å². The molecule has 0 bridgehead atoms. The molecule has 0 aliphatic carbocycles. The van der Waals surface area contributed by atoms with E-state index in [1.807, 2.05) is 0 Å². The van der Waals surface area contributed by atoms with Crippen molar-refractivity contribution < 1.29 is 0 Å². The van der Waals surface area contributed by atoms with Crippen LogP contribution in [0.5, 0.6) is 0 Å². The van der Waals surface area contributed by atoms with Gasteiger partial charge in [0.2, 0.25) is 0 Å². The van der Waals surface area contributed by atoms with Crippen molar-refractivity contribution in [3.05, 3.63) is 109 Å². The molecule has 0 unspecified atom stereocenters. The summed E-state index contributed by atoms with van der Waals surface area (Å²) in [5, 5.41) is 7.89. The summed E-state index contributed by atoms with van der Waals surface area (Å²) in [4.78, 5) is 2.40. The van der Waals surface area contributed by atoms with E-state index in [1.165, 1.54) is 76.8 Å². The second kappa shape index (κ2) is 6.38. The van der Waals surface area contributed by atoms with Crippen LogP contribution in [0, 0.1) is 0 Å². The highest BCUT2D eigenvalue weighted by atomic mass is 15.1. The number of para-hydroxylation sites is 2. The topological polar surface area (TPSA) is 8.17 Å². The fraction of sp³-hybridized carbons (Fsp3) is 0.0303. The van der Waals surface area contributed by atoms with Gasteiger partial charge in [0.1, 0.15) is 0 Å².